The average molecular weight is 326 g/mol. The third-order valence-corrected chi connectivity index (χ3v) is 4.74. The monoisotopic (exact) mass is 326 g/mol. The van der Waals surface area contributed by atoms with Crippen LogP contribution in [0.15, 0.2) is 36.7 Å². The van der Waals surface area contributed by atoms with Crippen molar-refractivity contribution in [3.63, 3.8) is 0 Å². The second-order valence-electron chi connectivity index (χ2n) is 6.74. The van der Waals surface area contributed by atoms with Gasteiger partial charge in [0.05, 0.1) is 6.54 Å². The second kappa shape index (κ2) is 7.18. The number of nitrogens with zero attached hydrogens (tertiary/aromatic N) is 4. The van der Waals surface area contributed by atoms with E-state index >= 15 is 0 Å². The fourth-order valence-corrected chi connectivity index (χ4v) is 3.48. The van der Waals surface area contributed by atoms with E-state index in [9.17, 15) is 4.79 Å². The van der Waals surface area contributed by atoms with Crippen LogP contribution < -0.4 is 4.90 Å². The highest BCUT2D eigenvalue weighted by Gasteiger charge is 2.30. The van der Waals surface area contributed by atoms with Crippen LogP contribution in [0.4, 0.5) is 5.69 Å². The lowest BCUT2D eigenvalue weighted by Gasteiger charge is -2.25. The number of anilines is 1. The first kappa shape index (κ1) is 16.7. The average Bonchev–Trinajstić information content (AvgIpc) is 3.09. The number of aromatic nitrogens is 2. The van der Waals surface area contributed by atoms with Crippen molar-refractivity contribution >= 4 is 11.6 Å². The van der Waals surface area contributed by atoms with Gasteiger partial charge in [-0.25, -0.2) is 4.98 Å². The predicted octanol–water partition coefficient (Wildman–Crippen LogP) is 2.26. The Hall–Kier alpha value is -2.14. The summed E-state index contributed by atoms with van der Waals surface area (Å²) in [4.78, 5) is 21.2. The molecule has 1 aliphatic heterocycles. The van der Waals surface area contributed by atoms with Crippen molar-refractivity contribution in [3.8, 4) is 0 Å². The van der Waals surface area contributed by atoms with Gasteiger partial charge in [0.2, 0.25) is 5.91 Å². The first-order valence-electron chi connectivity index (χ1n) is 8.61. The Labute approximate surface area is 143 Å². The van der Waals surface area contributed by atoms with Gasteiger partial charge in [0.15, 0.2) is 0 Å². The Bertz CT molecular complexity index is 709. The van der Waals surface area contributed by atoms with E-state index in [4.69, 9.17) is 0 Å². The van der Waals surface area contributed by atoms with Crippen molar-refractivity contribution in [1.82, 2.24) is 14.5 Å². The summed E-state index contributed by atoms with van der Waals surface area (Å²) in [6, 6.07) is 8.47. The molecule has 0 bridgehead atoms. The number of carbonyl (C=O) groups excluding carboxylic acids is 1. The molecule has 0 aliphatic carbocycles. The van der Waals surface area contributed by atoms with Crippen LogP contribution in [0.25, 0.3) is 0 Å². The van der Waals surface area contributed by atoms with Crippen LogP contribution in [0.1, 0.15) is 24.7 Å². The molecule has 0 saturated carbocycles. The summed E-state index contributed by atoms with van der Waals surface area (Å²) in [5.41, 5.74) is 2.35. The first-order valence-corrected chi connectivity index (χ1v) is 8.61. The van der Waals surface area contributed by atoms with E-state index in [0.29, 0.717) is 6.54 Å². The largest absolute Gasteiger partial charge is 0.338 e. The zero-order chi connectivity index (χ0) is 17.1. The molecule has 0 fully saturated rings. The minimum Gasteiger partial charge on any atom is -0.338 e. The van der Waals surface area contributed by atoms with Gasteiger partial charge >= 0.3 is 0 Å². The minimum absolute atomic E-state index is 0.187. The topological polar surface area (TPSA) is 41.4 Å². The molecule has 5 nitrogen and oxygen atoms in total. The lowest BCUT2D eigenvalue weighted by molar-refractivity contribution is -0.119. The molecule has 1 aliphatic rings. The number of hydrogen-bond acceptors (Lipinski definition) is 3. The van der Waals surface area contributed by atoms with Gasteiger partial charge in [-0.2, -0.15) is 0 Å². The van der Waals surface area contributed by atoms with Crippen molar-refractivity contribution in [1.29, 1.82) is 0 Å². The summed E-state index contributed by atoms with van der Waals surface area (Å²) in [6.07, 6.45) is 6.68. The number of imidazole rings is 1. The molecule has 0 saturated heterocycles. The normalized spacial score (nSPS) is 16.7. The number of likely N-dealkylation sites (N-methyl/N-ethyl adjacent to an activating group) is 1. The third kappa shape index (κ3) is 3.51. The zero-order valence-corrected chi connectivity index (χ0v) is 14.8. The summed E-state index contributed by atoms with van der Waals surface area (Å²) in [7, 11) is 4.03. The number of aryl methyl sites for hydroxylation is 2. The maximum Gasteiger partial charge on any atom is 0.241 e. The lowest BCUT2D eigenvalue weighted by atomic mass is 10.1. The predicted molar refractivity (Wildman–Crippen MR) is 96.1 cm³/mol. The highest BCUT2D eigenvalue weighted by Crippen LogP contribution is 2.31. The Balaban J connectivity index is 1.52. The molecule has 1 aromatic carbocycles. The van der Waals surface area contributed by atoms with Crippen molar-refractivity contribution in [2.75, 3.05) is 25.0 Å². The molecule has 0 N–H and O–H groups in total. The minimum atomic E-state index is 0.187. The smallest absolute Gasteiger partial charge is 0.241 e. The van der Waals surface area contributed by atoms with Gasteiger partial charge in [0.25, 0.3) is 0 Å². The van der Waals surface area contributed by atoms with E-state index in [-0.39, 0.29) is 11.9 Å². The standard InChI is InChI=1S/C19H26N4O/c1-15-13-16-7-4-5-8-17(16)23(15)19(24)14-21(2)11-6-9-18-20-10-12-22(18)3/h4-5,7-8,10,12,15H,6,9,11,13-14H2,1-3H3/t15-/m0/s1. The molecule has 1 amide bonds. The van der Waals surface area contributed by atoms with Crippen LogP contribution in [-0.2, 0) is 24.7 Å². The molecular formula is C19H26N4O. The van der Waals surface area contributed by atoms with Gasteiger partial charge in [-0.15, -0.1) is 0 Å². The number of hydrogen-bond donors (Lipinski definition) is 0. The van der Waals surface area contributed by atoms with Crippen molar-refractivity contribution in [3.05, 3.63) is 48.0 Å². The highest BCUT2D eigenvalue weighted by molar-refractivity contribution is 5.97. The molecule has 5 heteroatoms. The molecule has 1 aromatic heterocycles. The van der Waals surface area contributed by atoms with Gasteiger partial charge in [0.1, 0.15) is 5.82 Å². The summed E-state index contributed by atoms with van der Waals surface area (Å²) in [6.45, 7) is 3.47. The Morgan fingerprint density at radius 1 is 1.38 bits per heavy atom. The Morgan fingerprint density at radius 2 is 2.17 bits per heavy atom. The number of benzene rings is 1. The molecule has 24 heavy (non-hydrogen) atoms. The van der Waals surface area contributed by atoms with Gasteiger partial charge in [-0.3, -0.25) is 9.69 Å². The van der Waals surface area contributed by atoms with Crippen molar-refractivity contribution in [2.24, 2.45) is 7.05 Å². The number of fused-ring (bicyclic) bond motifs is 1. The Kier molecular flexibility index (Phi) is 5.00. The zero-order valence-electron chi connectivity index (χ0n) is 14.8. The fourth-order valence-electron chi connectivity index (χ4n) is 3.48. The molecule has 128 valence electrons. The van der Waals surface area contributed by atoms with E-state index in [1.807, 2.05) is 48.1 Å². The SMILES string of the molecule is C[C@H]1Cc2ccccc2N1C(=O)CN(C)CCCc1nccn1C. The summed E-state index contributed by atoms with van der Waals surface area (Å²) >= 11 is 0. The van der Waals surface area contributed by atoms with E-state index < -0.39 is 0 Å². The Morgan fingerprint density at radius 3 is 2.92 bits per heavy atom. The number of rotatable bonds is 6. The van der Waals surface area contributed by atoms with Gasteiger partial charge in [-0.05, 0) is 45.0 Å². The molecule has 2 heterocycles. The maximum absolute atomic E-state index is 12.7. The first-order chi connectivity index (χ1) is 11.6. The molecule has 0 spiro atoms. The summed E-state index contributed by atoms with van der Waals surface area (Å²) in [5, 5.41) is 0. The van der Waals surface area contributed by atoms with E-state index in [1.165, 1.54) is 5.56 Å². The van der Waals surface area contributed by atoms with Crippen LogP contribution in [0.2, 0.25) is 0 Å². The maximum atomic E-state index is 12.7. The molecule has 1 atom stereocenters. The molecule has 0 radical (unpaired) electrons. The van der Waals surface area contributed by atoms with Gasteiger partial charge < -0.3 is 9.47 Å². The summed E-state index contributed by atoms with van der Waals surface area (Å²) in [5.74, 6) is 1.28. The van der Waals surface area contributed by atoms with E-state index in [1.54, 1.807) is 0 Å². The van der Waals surface area contributed by atoms with Crippen molar-refractivity contribution < 1.29 is 4.79 Å². The molecule has 2 aromatic rings. The number of para-hydroxylation sites is 1. The van der Waals surface area contributed by atoms with Crippen LogP contribution in [0.5, 0.6) is 0 Å². The van der Waals surface area contributed by atoms with E-state index in [2.05, 4.69) is 28.9 Å². The molecular weight excluding hydrogens is 300 g/mol. The van der Waals surface area contributed by atoms with Crippen LogP contribution in [0, 0.1) is 0 Å². The van der Waals surface area contributed by atoms with Crippen LogP contribution in [0.3, 0.4) is 0 Å². The van der Waals surface area contributed by atoms with Crippen molar-refractivity contribution in [2.45, 2.75) is 32.2 Å². The quantitative estimate of drug-likeness (QED) is 0.818. The third-order valence-electron chi connectivity index (χ3n) is 4.74. The number of carbonyl (C=O) groups is 1. The van der Waals surface area contributed by atoms with Crippen LogP contribution >= 0.6 is 0 Å². The van der Waals surface area contributed by atoms with Gasteiger partial charge in [0, 0.05) is 37.6 Å². The highest BCUT2D eigenvalue weighted by atomic mass is 16.2. The van der Waals surface area contributed by atoms with Gasteiger partial charge in [-0.1, -0.05) is 18.2 Å². The fraction of sp³-hybridized carbons (Fsp3) is 0.474. The van der Waals surface area contributed by atoms with Crippen LogP contribution in [-0.4, -0.2) is 46.5 Å². The second-order valence-corrected chi connectivity index (χ2v) is 6.74. The number of amides is 1. The van der Waals surface area contributed by atoms with E-state index in [0.717, 1.165) is 37.3 Å². The molecule has 3 rings (SSSR count). The lowest BCUT2D eigenvalue weighted by Crippen LogP contribution is -2.42. The molecule has 0 unspecified atom stereocenters. The summed E-state index contributed by atoms with van der Waals surface area (Å²) < 4.78 is 2.05.